The first kappa shape index (κ1) is 27.6. The van der Waals surface area contributed by atoms with Gasteiger partial charge in [-0.1, -0.05) is 6.42 Å². The maximum absolute atomic E-state index is 12.3. The maximum atomic E-state index is 12.3. The molecule has 172 valence electrons. The van der Waals surface area contributed by atoms with Crippen LogP contribution >= 0.6 is 12.6 Å². The molecule has 0 saturated carbocycles. The summed E-state index contributed by atoms with van der Waals surface area (Å²) in [6.45, 7) is 1.91. The first-order valence-electron chi connectivity index (χ1n) is 9.52. The highest BCUT2D eigenvalue weighted by molar-refractivity contribution is 7.80. The number of amides is 4. The van der Waals surface area contributed by atoms with Crippen molar-refractivity contribution in [1.29, 1.82) is 0 Å². The third-order valence-electron chi connectivity index (χ3n) is 4.17. The van der Waals surface area contributed by atoms with Crippen LogP contribution in [0.15, 0.2) is 0 Å². The fourth-order valence-corrected chi connectivity index (χ4v) is 2.59. The molecular formula is C17H32N6O6S. The van der Waals surface area contributed by atoms with E-state index in [1.54, 1.807) is 0 Å². The lowest BCUT2D eigenvalue weighted by molar-refractivity contribution is -0.142. The summed E-state index contributed by atoms with van der Waals surface area (Å²) in [5, 5.41) is 16.2. The minimum Gasteiger partial charge on any atom is -0.480 e. The van der Waals surface area contributed by atoms with Gasteiger partial charge in [-0.05, 0) is 32.7 Å². The molecule has 0 bridgehead atoms. The second kappa shape index (κ2) is 14.6. The van der Waals surface area contributed by atoms with Crippen LogP contribution in [0, 0.1) is 0 Å². The summed E-state index contributed by atoms with van der Waals surface area (Å²) >= 11 is 3.99. The van der Waals surface area contributed by atoms with Gasteiger partial charge in [0, 0.05) is 12.2 Å². The minimum absolute atomic E-state index is 0.126. The zero-order chi connectivity index (χ0) is 23.3. The van der Waals surface area contributed by atoms with Gasteiger partial charge in [0.1, 0.15) is 18.1 Å². The molecule has 4 unspecified atom stereocenters. The Morgan fingerprint density at radius 3 is 2.03 bits per heavy atom. The van der Waals surface area contributed by atoms with E-state index in [1.807, 2.05) is 0 Å². The molecule has 10 N–H and O–H groups in total. The lowest BCUT2D eigenvalue weighted by Gasteiger charge is -2.22. The number of nitrogens with two attached hydrogens (primary N) is 3. The number of rotatable bonds is 15. The number of hydrogen-bond acceptors (Lipinski definition) is 8. The lowest BCUT2D eigenvalue weighted by Crippen LogP contribution is -2.57. The average Bonchev–Trinajstić information content (AvgIpc) is 2.68. The van der Waals surface area contributed by atoms with Crippen molar-refractivity contribution in [2.45, 2.75) is 63.2 Å². The van der Waals surface area contributed by atoms with Gasteiger partial charge in [0.05, 0.1) is 6.04 Å². The van der Waals surface area contributed by atoms with Gasteiger partial charge in [0.15, 0.2) is 0 Å². The number of primary amides is 1. The van der Waals surface area contributed by atoms with Crippen LogP contribution in [0.25, 0.3) is 0 Å². The quantitative estimate of drug-likeness (QED) is 0.0963. The molecule has 30 heavy (non-hydrogen) atoms. The second-order valence-electron chi connectivity index (χ2n) is 6.77. The number of nitrogens with one attached hydrogen (secondary N) is 3. The highest BCUT2D eigenvalue weighted by atomic mass is 32.1. The molecule has 0 aliphatic carbocycles. The Kier molecular flexibility index (Phi) is 13.4. The molecule has 0 aromatic carbocycles. The van der Waals surface area contributed by atoms with Crippen LogP contribution in [-0.2, 0) is 24.0 Å². The van der Waals surface area contributed by atoms with Gasteiger partial charge >= 0.3 is 5.97 Å². The summed E-state index contributed by atoms with van der Waals surface area (Å²) in [5.41, 5.74) is 16.1. The van der Waals surface area contributed by atoms with Crippen LogP contribution in [0.5, 0.6) is 0 Å². The van der Waals surface area contributed by atoms with Crippen molar-refractivity contribution in [3.63, 3.8) is 0 Å². The number of carboxylic acids is 1. The molecule has 0 aliphatic heterocycles. The highest BCUT2D eigenvalue weighted by Gasteiger charge is 2.28. The monoisotopic (exact) mass is 448 g/mol. The van der Waals surface area contributed by atoms with E-state index in [0.29, 0.717) is 19.4 Å². The summed E-state index contributed by atoms with van der Waals surface area (Å²) < 4.78 is 0. The predicted molar refractivity (Wildman–Crippen MR) is 112 cm³/mol. The summed E-state index contributed by atoms with van der Waals surface area (Å²) in [6, 6.07) is -4.29. The summed E-state index contributed by atoms with van der Waals surface area (Å²) in [5.74, 6) is -4.17. The maximum Gasteiger partial charge on any atom is 0.326 e. The Hall–Kier alpha value is -2.38. The van der Waals surface area contributed by atoms with E-state index in [0.717, 1.165) is 6.42 Å². The normalized spacial score (nSPS) is 14.7. The Balaban J connectivity index is 4.75. The molecule has 0 rings (SSSR count). The number of carbonyl (C=O) groups is 5. The molecular weight excluding hydrogens is 416 g/mol. The van der Waals surface area contributed by atoms with Crippen LogP contribution < -0.4 is 33.2 Å². The topological polar surface area (TPSA) is 220 Å². The molecule has 0 aromatic heterocycles. The summed E-state index contributed by atoms with van der Waals surface area (Å²) in [6.07, 6.45) is 1.39. The van der Waals surface area contributed by atoms with Gasteiger partial charge in [0.2, 0.25) is 23.6 Å². The van der Waals surface area contributed by atoms with Gasteiger partial charge in [-0.2, -0.15) is 12.6 Å². The van der Waals surface area contributed by atoms with Gasteiger partial charge in [-0.15, -0.1) is 0 Å². The smallest absolute Gasteiger partial charge is 0.326 e. The third-order valence-corrected chi connectivity index (χ3v) is 4.53. The Morgan fingerprint density at radius 2 is 1.53 bits per heavy atom. The van der Waals surface area contributed by atoms with Crippen LogP contribution in [0.4, 0.5) is 0 Å². The van der Waals surface area contributed by atoms with Crippen molar-refractivity contribution in [3.05, 3.63) is 0 Å². The fourth-order valence-electron chi connectivity index (χ4n) is 2.33. The van der Waals surface area contributed by atoms with E-state index < -0.39 is 53.8 Å². The van der Waals surface area contributed by atoms with Gasteiger partial charge < -0.3 is 38.3 Å². The summed E-state index contributed by atoms with van der Waals surface area (Å²) in [4.78, 5) is 58.7. The highest BCUT2D eigenvalue weighted by Crippen LogP contribution is 2.01. The standard InChI is InChI=1S/C17H32N6O6S/c1-9(21-15(26)10(19)4-2-3-7-18)14(25)23-12(8-30)16(27)22-11(17(28)29)5-6-13(20)24/h9-12,30H,2-8,18-19H2,1H3,(H2,20,24)(H,21,26)(H,22,27)(H,23,25)(H,28,29). The molecule has 4 amide bonds. The van der Waals surface area contributed by atoms with Crippen LogP contribution in [0.3, 0.4) is 0 Å². The molecule has 0 aliphatic rings. The van der Waals surface area contributed by atoms with E-state index in [9.17, 15) is 24.0 Å². The zero-order valence-electron chi connectivity index (χ0n) is 16.9. The van der Waals surface area contributed by atoms with E-state index >= 15 is 0 Å². The fraction of sp³-hybridized carbons (Fsp3) is 0.706. The molecule has 13 heteroatoms. The largest absolute Gasteiger partial charge is 0.480 e. The average molecular weight is 449 g/mol. The molecule has 12 nitrogen and oxygen atoms in total. The van der Waals surface area contributed by atoms with E-state index in [4.69, 9.17) is 22.3 Å². The van der Waals surface area contributed by atoms with Crippen molar-refractivity contribution in [2.75, 3.05) is 12.3 Å². The first-order chi connectivity index (χ1) is 14.0. The van der Waals surface area contributed by atoms with Gasteiger partial charge in [-0.25, -0.2) is 4.79 Å². The Morgan fingerprint density at radius 1 is 0.933 bits per heavy atom. The number of unbranched alkanes of at least 4 members (excludes halogenated alkanes) is 1. The molecule has 0 radical (unpaired) electrons. The van der Waals surface area contributed by atoms with Gasteiger partial charge in [-0.3, -0.25) is 19.2 Å². The number of carboxylic acid groups (broad SMARTS) is 1. The predicted octanol–water partition coefficient (Wildman–Crippen LogP) is -2.80. The van der Waals surface area contributed by atoms with Crippen molar-refractivity contribution < 1.29 is 29.1 Å². The van der Waals surface area contributed by atoms with Crippen LogP contribution in [0.2, 0.25) is 0 Å². The third kappa shape index (κ3) is 11.0. The number of carbonyl (C=O) groups excluding carboxylic acids is 4. The van der Waals surface area contributed by atoms with Crippen molar-refractivity contribution >= 4 is 42.2 Å². The molecule has 0 aromatic rings. The van der Waals surface area contributed by atoms with Crippen molar-refractivity contribution in [3.8, 4) is 0 Å². The minimum atomic E-state index is -1.35. The molecule has 0 fully saturated rings. The second-order valence-corrected chi connectivity index (χ2v) is 7.13. The van der Waals surface area contributed by atoms with E-state index in [-0.39, 0.29) is 18.6 Å². The SMILES string of the molecule is CC(NC(=O)C(N)CCCCN)C(=O)NC(CS)C(=O)NC(CCC(N)=O)C(=O)O. The molecule has 0 heterocycles. The van der Waals surface area contributed by atoms with Gasteiger partial charge in [0.25, 0.3) is 0 Å². The molecule has 4 atom stereocenters. The van der Waals surface area contributed by atoms with Crippen molar-refractivity contribution in [2.24, 2.45) is 17.2 Å². The first-order valence-corrected chi connectivity index (χ1v) is 10.1. The molecule has 0 saturated heterocycles. The van der Waals surface area contributed by atoms with Crippen LogP contribution in [0.1, 0.15) is 39.0 Å². The Bertz CT molecular complexity index is 620. The van der Waals surface area contributed by atoms with E-state index in [1.165, 1.54) is 6.92 Å². The van der Waals surface area contributed by atoms with Crippen LogP contribution in [-0.4, -0.2) is 71.2 Å². The van der Waals surface area contributed by atoms with Crippen molar-refractivity contribution in [1.82, 2.24) is 16.0 Å². The number of hydrogen-bond donors (Lipinski definition) is 8. The Labute approximate surface area is 180 Å². The number of aliphatic carboxylic acids is 1. The summed E-state index contributed by atoms with van der Waals surface area (Å²) in [7, 11) is 0. The van der Waals surface area contributed by atoms with E-state index in [2.05, 4.69) is 28.6 Å². The molecule has 0 spiro atoms. The zero-order valence-corrected chi connectivity index (χ0v) is 17.8. The lowest BCUT2D eigenvalue weighted by atomic mass is 10.1. The number of thiol groups is 1.